The fraction of sp³-hybridized carbons (Fsp3) is 0.333. The first-order valence-corrected chi connectivity index (χ1v) is 4.56. The van der Waals surface area contributed by atoms with Crippen molar-refractivity contribution in [2.45, 2.75) is 12.8 Å². The van der Waals surface area contributed by atoms with Crippen molar-refractivity contribution in [3.8, 4) is 5.75 Å². The Morgan fingerprint density at radius 3 is 2.75 bits per heavy atom. The summed E-state index contributed by atoms with van der Waals surface area (Å²) >= 11 is 5.51. The van der Waals surface area contributed by atoms with Gasteiger partial charge in [-0.25, -0.2) is 13.8 Å². The van der Waals surface area contributed by atoms with Crippen LogP contribution < -0.4 is 4.74 Å². The molecule has 0 amide bonds. The van der Waals surface area contributed by atoms with Crippen LogP contribution in [0.25, 0.3) is 0 Å². The molecule has 0 aromatic carbocycles. The van der Waals surface area contributed by atoms with Gasteiger partial charge in [-0.2, -0.15) is 0 Å². The molecule has 88 valence electrons. The monoisotopic (exact) mass is 251 g/mol. The molecular weight excluding hydrogens is 244 g/mol. The van der Waals surface area contributed by atoms with Crippen LogP contribution in [0.3, 0.4) is 0 Å². The second kappa shape index (κ2) is 5.07. The van der Waals surface area contributed by atoms with E-state index in [-0.39, 0.29) is 16.6 Å². The highest BCUT2D eigenvalue weighted by Gasteiger charge is 2.21. The zero-order valence-corrected chi connectivity index (χ0v) is 8.96. The van der Waals surface area contributed by atoms with Crippen LogP contribution in [0.5, 0.6) is 5.75 Å². The first kappa shape index (κ1) is 12.6. The van der Waals surface area contributed by atoms with Crippen molar-refractivity contribution in [2.24, 2.45) is 0 Å². The number of methoxy groups -OCH3 is 1. The Morgan fingerprint density at radius 1 is 1.69 bits per heavy atom. The van der Waals surface area contributed by atoms with Crippen LogP contribution in [-0.2, 0) is 11.2 Å². The van der Waals surface area contributed by atoms with Crippen molar-refractivity contribution in [3.05, 3.63) is 22.5 Å². The zero-order chi connectivity index (χ0) is 12.3. The average Bonchev–Trinajstić information content (AvgIpc) is 2.15. The summed E-state index contributed by atoms with van der Waals surface area (Å²) in [5, 5.41) is 8.39. The fourth-order valence-electron chi connectivity index (χ4n) is 1.23. The molecule has 1 rings (SSSR count). The first-order chi connectivity index (χ1) is 7.45. The SMILES string of the molecule is COc1c(C(F)F)cc(Cl)nc1CC(=O)O. The molecule has 0 radical (unpaired) electrons. The standard InChI is InChI=1S/C9H8ClF2NO3/c1-16-8-4(9(11)12)2-6(10)13-5(8)3-7(14)15/h2,9H,3H2,1H3,(H,14,15). The highest BCUT2D eigenvalue weighted by molar-refractivity contribution is 6.29. The minimum absolute atomic E-state index is 0.113. The molecule has 1 N–H and O–H groups in total. The maximum atomic E-state index is 12.6. The summed E-state index contributed by atoms with van der Waals surface area (Å²) in [5.41, 5.74) is -0.573. The lowest BCUT2D eigenvalue weighted by Crippen LogP contribution is -2.07. The minimum atomic E-state index is -2.80. The van der Waals surface area contributed by atoms with Gasteiger partial charge in [0, 0.05) is 0 Å². The molecule has 0 unspecified atom stereocenters. The van der Waals surface area contributed by atoms with E-state index in [0.29, 0.717) is 0 Å². The van der Waals surface area contributed by atoms with Gasteiger partial charge in [-0.05, 0) is 6.07 Å². The quantitative estimate of drug-likeness (QED) is 0.834. The summed E-state index contributed by atoms with van der Waals surface area (Å²) in [6.45, 7) is 0. The van der Waals surface area contributed by atoms with E-state index < -0.39 is 24.4 Å². The number of pyridine rings is 1. The lowest BCUT2D eigenvalue weighted by molar-refractivity contribution is -0.136. The Morgan fingerprint density at radius 2 is 2.31 bits per heavy atom. The van der Waals surface area contributed by atoms with Gasteiger partial charge in [0.25, 0.3) is 6.43 Å². The molecule has 0 aliphatic carbocycles. The van der Waals surface area contributed by atoms with Gasteiger partial charge in [0.05, 0.1) is 24.8 Å². The van der Waals surface area contributed by atoms with Crippen LogP contribution in [0.15, 0.2) is 6.07 Å². The van der Waals surface area contributed by atoms with E-state index in [1.165, 1.54) is 7.11 Å². The van der Waals surface area contributed by atoms with Crippen molar-refractivity contribution < 1.29 is 23.4 Å². The molecule has 0 aliphatic heterocycles. The number of rotatable bonds is 4. The third-order valence-electron chi connectivity index (χ3n) is 1.80. The topological polar surface area (TPSA) is 59.4 Å². The van der Waals surface area contributed by atoms with Crippen molar-refractivity contribution in [1.82, 2.24) is 4.98 Å². The Balaban J connectivity index is 3.29. The number of aromatic nitrogens is 1. The number of alkyl halides is 2. The fourth-order valence-corrected chi connectivity index (χ4v) is 1.45. The number of carbonyl (C=O) groups is 1. The molecule has 1 aromatic heterocycles. The highest BCUT2D eigenvalue weighted by Crippen LogP contribution is 2.33. The van der Waals surface area contributed by atoms with Gasteiger partial charge >= 0.3 is 5.97 Å². The van der Waals surface area contributed by atoms with E-state index >= 15 is 0 Å². The molecule has 16 heavy (non-hydrogen) atoms. The summed E-state index contributed by atoms with van der Waals surface area (Å²) in [6, 6.07) is 0.955. The van der Waals surface area contributed by atoms with Crippen molar-refractivity contribution in [1.29, 1.82) is 0 Å². The highest BCUT2D eigenvalue weighted by atomic mass is 35.5. The van der Waals surface area contributed by atoms with E-state index in [4.69, 9.17) is 21.4 Å². The Labute approximate surface area is 94.8 Å². The summed E-state index contributed by atoms with van der Waals surface area (Å²) in [5.74, 6) is -1.44. The van der Waals surface area contributed by atoms with Crippen LogP contribution in [0.4, 0.5) is 8.78 Å². The lowest BCUT2D eigenvalue weighted by atomic mass is 10.1. The molecular formula is C9H8ClF2NO3. The Kier molecular flexibility index (Phi) is 4.00. The number of hydrogen-bond donors (Lipinski definition) is 1. The van der Waals surface area contributed by atoms with Crippen molar-refractivity contribution in [3.63, 3.8) is 0 Å². The molecule has 0 aliphatic rings. The minimum Gasteiger partial charge on any atom is -0.494 e. The van der Waals surface area contributed by atoms with Crippen LogP contribution in [-0.4, -0.2) is 23.2 Å². The summed E-state index contributed by atoms with van der Waals surface area (Å²) in [4.78, 5) is 14.2. The van der Waals surface area contributed by atoms with E-state index in [1.54, 1.807) is 0 Å². The van der Waals surface area contributed by atoms with Crippen LogP contribution in [0.1, 0.15) is 17.7 Å². The molecule has 1 heterocycles. The van der Waals surface area contributed by atoms with E-state index in [2.05, 4.69) is 4.98 Å². The summed E-state index contributed by atoms with van der Waals surface area (Å²) in [6.07, 6.45) is -3.33. The number of halogens is 3. The molecule has 7 heteroatoms. The number of carboxylic acid groups (broad SMARTS) is 1. The molecule has 0 atom stereocenters. The number of aliphatic carboxylic acids is 1. The average molecular weight is 252 g/mol. The number of carboxylic acids is 1. The molecule has 0 saturated carbocycles. The van der Waals surface area contributed by atoms with E-state index in [1.807, 2.05) is 0 Å². The maximum Gasteiger partial charge on any atom is 0.309 e. The van der Waals surface area contributed by atoms with Gasteiger partial charge in [-0.3, -0.25) is 4.79 Å². The predicted octanol–water partition coefficient (Wildman–Crippen LogP) is 2.31. The zero-order valence-electron chi connectivity index (χ0n) is 8.21. The molecule has 0 bridgehead atoms. The Hall–Kier alpha value is -1.43. The van der Waals surface area contributed by atoms with E-state index in [0.717, 1.165) is 6.07 Å². The second-order valence-corrected chi connectivity index (χ2v) is 3.27. The molecule has 4 nitrogen and oxygen atoms in total. The van der Waals surface area contributed by atoms with Gasteiger partial charge in [0.15, 0.2) is 0 Å². The maximum absolute atomic E-state index is 12.6. The van der Waals surface area contributed by atoms with Gasteiger partial charge in [-0.1, -0.05) is 11.6 Å². The normalized spacial score (nSPS) is 10.6. The number of hydrogen-bond acceptors (Lipinski definition) is 3. The first-order valence-electron chi connectivity index (χ1n) is 4.19. The molecule has 0 saturated heterocycles. The van der Waals surface area contributed by atoms with Gasteiger partial charge in [0.1, 0.15) is 10.9 Å². The predicted molar refractivity (Wildman–Crippen MR) is 52.1 cm³/mol. The third kappa shape index (κ3) is 2.79. The lowest BCUT2D eigenvalue weighted by Gasteiger charge is -2.11. The molecule has 1 aromatic rings. The van der Waals surface area contributed by atoms with Crippen LogP contribution in [0.2, 0.25) is 5.15 Å². The van der Waals surface area contributed by atoms with Gasteiger partial charge in [-0.15, -0.1) is 0 Å². The number of nitrogens with zero attached hydrogens (tertiary/aromatic N) is 1. The van der Waals surface area contributed by atoms with Crippen molar-refractivity contribution in [2.75, 3.05) is 7.11 Å². The van der Waals surface area contributed by atoms with Crippen LogP contribution >= 0.6 is 11.6 Å². The largest absolute Gasteiger partial charge is 0.494 e. The molecule has 0 fully saturated rings. The summed E-state index contributed by atoms with van der Waals surface area (Å²) in [7, 11) is 1.17. The van der Waals surface area contributed by atoms with Gasteiger partial charge in [0.2, 0.25) is 0 Å². The second-order valence-electron chi connectivity index (χ2n) is 2.89. The smallest absolute Gasteiger partial charge is 0.309 e. The summed E-state index contributed by atoms with van der Waals surface area (Å²) < 4.78 is 29.9. The van der Waals surface area contributed by atoms with E-state index in [9.17, 15) is 13.6 Å². The molecule has 0 spiro atoms. The van der Waals surface area contributed by atoms with Gasteiger partial charge < -0.3 is 9.84 Å². The number of ether oxygens (including phenoxy) is 1. The van der Waals surface area contributed by atoms with Crippen molar-refractivity contribution >= 4 is 17.6 Å². The third-order valence-corrected chi connectivity index (χ3v) is 1.99. The van der Waals surface area contributed by atoms with Crippen LogP contribution in [0, 0.1) is 0 Å². The Bertz CT molecular complexity index is 412.